The Morgan fingerprint density at radius 3 is 2.18 bits per heavy atom. The summed E-state index contributed by atoms with van der Waals surface area (Å²) >= 11 is 0. The van der Waals surface area contributed by atoms with Crippen LogP contribution in [0.4, 0.5) is 0 Å². The van der Waals surface area contributed by atoms with E-state index in [4.69, 9.17) is 0 Å². The summed E-state index contributed by atoms with van der Waals surface area (Å²) in [7, 11) is 0. The molecule has 3 heteroatoms. The van der Waals surface area contributed by atoms with Gasteiger partial charge in [-0.3, -0.25) is 15.5 Å². The van der Waals surface area contributed by atoms with Crippen LogP contribution < -0.4 is 10.6 Å². The van der Waals surface area contributed by atoms with Crippen LogP contribution in [-0.2, 0) is 0 Å². The average molecular weight is 154 g/mol. The van der Waals surface area contributed by atoms with E-state index in [9.17, 15) is 0 Å². The van der Waals surface area contributed by atoms with E-state index in [2.05, 4.69) is 15.5 Å². The third-order valence-electron chi connectivity index (χ3n) is 2.38. The monoisotopic (exact) mass is 154 g/mol. The first-order valence-electron chi connectivity index (χ1n) is 4.56. The zero-order valence-corrected chi connectivity index (χ0v) is 6.90. The largest absolute Gasteiger partial charge is 0.282 e. The third kappa shape index (κ3) is 1.72. The third-order valence-corrected chi connectivity index (χ3v) is 2.38. The van der Waals surface area contributed by atoms with Crippen LogP contribution in [0.3, 0.4) is 0 Å². The fourth-order valence-electron chi connectivity index (χ4n) is 1.77. The molecule has 2 aliphatic rings. The van der Waals surface area contributed by atoms with Crippen molar-refractivity contribution in [1.82, 2.24) is 15.5 Å². The SMILES string of the molecule is C1CCN([C]2NCCN2)CC1. The van der Waals surface area contributed by atoms with E-state index in [0.717, 1.165) is 13.1 Å². The Hall–Kier alpha value is -0.120. The standard InChI is InChI=1S/C8H16N3/c1-2-6-11(7-3-1)8-9-4-5-10-8/h9-10H,1-7H2. The quantitative estimate of drug-likeness (QED) is 0.561. The smallest absolute Gasteiger partial charge is 0.173 e. The van der Waals surface area contributed by atoms with Crippen molar-refractivity contribution in [2.45, 2.75) is 19.3 Å². The average Bonchev–Trinajstić information content (AvgIpc) is 2.58. The molecule has 0 aromatic heterocycles. The van der Waals surface area contributed by atoms with E-state index in [1.165, 1.54) is 38.6 Å². The predicted molar refractivity (Wildman–Crippen MR) is 44.7 cm³/mol. The van der Waals surface area contributed by atoms with Crippen molar-refractivity contribution in [3.63, 3.8) is 0 Å². The molecular weight excluding hydrogens is 138 g/mol. The molecule has 2 rings (SSSR count). The first-order chi connectivity index (χ1) is 5.47. The Morgan fingerprint density at radius 1 is 0.909 bits per heavy atom. The van der Waals surface area contributed by atoms with Crippen molar-refractivity contribution in [2.24, 2.45) is 0 Å². The van der Waals surface area contributed by atoms with Gasteiger partial charge in [-0.05, 0) is 12.8 Å². The predicted octanol–water partition coefficient (Wildman–Crippen LogP) is 0.112. The van der Waals surface area contributed by atoms with Crippen molar-refractivity contribution in [2.75, 3.05) is 26.2 Å². The van der Waals surface area contributed by atoms with Crippen LogP contribution in [-0.4, -0.2) is 31.1 Å². The number of rotatable bonds is 1. The van der Waals surface area contributed by atoms with Gasteiger partial charge in [0.2, 0.25) is 0 Å². The van der Waals surface area contributed by atoms with Crippen LogP contribution in [0.15, 0.2) is 0 Å². The molecule has 0 unspecified atom stereocenters. The maximum Gasteiger partial charge on any atom is 0.173 e. The molecule has 0 aromatic rings. The van der Waals surface area contributed by atoms with Crippen LogP contribution in [0.5, 0.6) is 0 Å². The number of nitrogens with one attached hydrogen (secondary N) is 2. The Morgan fingerprint density at radius 2 is 1.55 bits per heavy atom. The van der Waals surface area contributed by atoms with Gasteiger partial charge < -0.3 is 0 Å². The molecule has 0 amide bonds. The summed E-state index contributed by atoms with van der Waals surface area (Å²) in [4.78, 5) is 2.43. The first kappa shape index (κ1) is 7.53. The van der Waals surface area contributed by atoms with Gasteiger partial charge in [0.15, 0.2) is 6.29 Å². The van der Waals surface area contributed by atoms with Gasteiger partial charge in [-0.2, -0.15) is 0 Å². The normalized spacial score (nSPS) is 29.5. The summed E-state index contributed by atoms with van der Waals surface area (Å²) in [5.41, 5.74) is 0. The summed E-state index contributed by atoms with van der Waals surface area (Å²) in [6.45, 7) is 4.64. The maximum atomic E-state index is 3.36. The van der Waals surface area contributed by atoms with Crippen molar-refractivity contribution < 1.29 is 0 Å². The second-order valence-corrected chi connectivity index (χ2v) is 3.25. The minimum absolute atomic E-state index is 1.09. The topological polar surface area (TPSA) is 27.3 Å². The first-order valence-corrected chi connectivity index (χ1v) is 4.56. The Kier molecular flexibility index (Phi) is 2.41. The molecule has 2 heterocycles. The number of piperidine rings is 1. The number of hydrogen-bond acceptors (Lipinski definition) is 3. The molecule has 0 atom stereocenters. The van der Waals surface area contributed by atoms with E-state index in [1.807, 2.05) is 0 Å². The molecule has 1 radical (unpaired) electrons. The Balaban J connectivity index is 1.82. The van der Waals surface area contributed by atoms with E-state index >= 15 is 0 Å². The molecule has 63 valence electrons. The van der Waals surface area contributed by atoms with E-state index in [-0.39, 0.29) is 0 Å². The molecule has 0 aliphatic carbocycles. The molecule has 0 saturated carbocycles. The molecule has 0 spiro atoms. The van der Waals surface area contributed by atoms with Gasteiger partial charge in [0, 0.05) is 26.2 Å². The van der Waals surface area contributed by atoms with Crippen molar-refractivity contribution in [3.8, 4) is 0 Å². The molecule has 0 bridgehead atoms. The summed E-state index contributed by atoms with van der Waals surface area (Å²) in [6, 6.07) is 0. The lowest BCUT2D eigenvalue weighted by Gasteiger charge is -2.30. The van der Waals surface area contributed by atoms with Gasteiger partial charge in [-0.25, -0.2) is 0 Å². The minimum atomic E-state index is 1.09. The summed E-state index contributed by atoms with van der Waals surface area (Å²) in [5, 5.41) is 6.72. The molecule has 2 N–H and O–H groups in total. The highest BCUT2D eigenvalue weighted by Crippen LogP contribution is 2.14. The number of hydrogen-bond donors (Lipinski definition) is 2. The number of likely N-dealkylation sites (tertiary alicyclic amines) is 1. The van der Waals surface area contributed by atoms with Gasteiger partial charge in [0.05, 0.1) is 0 Å². The Bertz CT molecular complexity index is 115. The van der Waals surface area contributed by atoms with Crippen LogP contribution in [0.25, 0.3) is 0 Å². The molecule has 11 heavy (non-hydrogen) atoms. The maximum absolute atomic E-state index is 3.36. The van der Waals surface area contributed by atoms with Crippen LogP contribution in [0, 0.1) is 6.29 Å². The van der Waals surface area contributed by atoms with E-state index in [1.54, 1.807) is 0 Å². The summed E-state index contributed by atoms with van der Waals surface area (Å²) in [6.07, 6.45) is 5.38. The molecule has 0 aromatic carbocycles. The second kappa shape index (κ2) is 3.52. The van der Waals surface area contributed by atoms with Crippen LogP contribution in [0.2, 0.25) is 0 Å². The highest BCUT2D eigenvalue weighted by Gasteiger charge is 2.23. The van der Waals surface area contributed by atoms with Crippen LogP contribution in [0.1, 0.15) is 19.3 Å². The van der Waals surface area contributed by atoms with Gasteiger partial charge in [0.1, 0.15) is 0 Å². The fourth-order valence-corrected chi connectivity index (χ4v) is 1.77. The summed E-state index contributed by atoms with van der Waals surface area (Å²) < 4.78 is 0. The fraction of sp³-hybridized carbons (Fsp3) is 0.875. The van der Waals surface area contributed by atoms with E-state index in [0.29, 0.717) is 0 Å². The van der Waals surface area contributed by atoms with Gasteiger partial charge in [-0.1, -0.05) is 6.42 Å². The summed E-state index contributed by atoms with van der Waals surface area (Å²) in [5.74, 6) is 0. The molecule has 2 saturated heterocycles. The van der Waals surface area contributed by atoms with Crippen molar-refractivity contribution in [3.05, 3.63) is 6.29 Å². The van der Waals surface area contributed by atoms with Crippen LogP contribution >= 0.6 is 0 Å². The van der Waals surface area contributed by atoms with E-state index < -0.39 is 0 Å². The van der Waals surface area contributed by atoms with Crippen molar-refractivity contribution in [1.29, 1.82) is 0 Å². The lowest BCUT2D eigenvalue weighted by Crippen LogP contribution is -2.43. The Labute approximate surface area is 68.1 Å². The lowest BCUT2D eigenvalue weighted by molar-refractivity contribution is 0.211. The zero-order chi connectivity index (χ0) is 7.52. The number of nitrogens with zero attached hydrogens (tertiary/aromatic N) is 1. The molecule has 2 fully saturated rings. The second-order valence-electron chi connectivity index (χ2n) is 3.25. The van der Waals surface area contributed by atoms with Gasteiger partial charge in [-0.15, -0.1) is 0 Å². The minimum Gasteiger partial charge on any atom is -0.282 e. The highest BCUT2D eigenvalue weighted by atomic mass is 15.4. The molecular formula is C8H16N3. The lowest BCUT2D eigenvalue weighted by atomic mass is 10.1. The molecule has 2 aliphatic heterocycles. The zero-order valence-electron chi connectivity index (χ0n) is 6.90. The van der Waals surface area contributed by atoms with Gasteiger partial charge in [0.25, 0.3) is 0 Å². The van der Waals surface area contributed by atoms with Gasteiger partial charge >= 0.3 is 0 Å². The molecule has 3 nitrogen and oxygen atoms in total. The van der Waals surface area contributed by atoms with Crippen molar-refractivity contribution >= 4 is 0 Å². The highest BCUT2D eigenvalue weighted by molar-refractivity contribution is 4.91.